The van der Waals surface area contributed by atoms with Gasteiger partial charge in [0.05, 0.1) is 31.2 Å². The molecule has 4 nitrogen and oxygen atoms in total. The number of unbranched alkanes of at least 4 members (excludes halogenated alkanes) is 2. The molecule has 1 aromatic carbocycles. The molecule has 140 valence electrons. The van der Waals surface area contributed by atoms with Gasteiger partial charge >= 0.3 is 81.5 Å². The Morgan fingerprint density at radius 3 is 1.32 bits per heavy atom. The van der Waals surface area contributed by atoms with E-state index in [1.54, 1.807) is 8.87 Å². The van der Waals surface area contributed by atoms with Crippen molar-refractivity contribution < 1.29 is 19.8 Å². The first-order valence-corrected chi connectivity index (χ1v) is 13.3. The summed E-state index contributed by atoms with van der Waals surface area (Å²) in [5.74, 6) is -3.11. The van der Waals surface area contributed by atoms with Gasteiger partial charge in [0.25, 0.3) is 0 Å². The van der Waals surface area contributed by atoms with Crippen molar-refractivity contribution in [1.29, 1.82) is 0 Å². The molecule has 9 heteroatoms. The third-order valence-electron chi connectivity index (χ3n) is 3.11. The molecule has 0 bridgehead atoms. The molecule has 2 N–H and O–H groups in total. The molecular formula is C16H20Cl4O4Sn. The summed E-state index contributed by atoms with van der Waals surface area (Å²) in [6, 6.07) is 0. The van der Waals surface area contributed by atoms with Crippen molar-refractivity contribution in [2.45, 2.75) is 48.4 Å². The standard InChI is InChI=1S/C8H2Cl4O4.2C4H9.Sn/c9-3-1(7(13)14)2(8(15)16)4(10)6(12)5(3)11;2*1-3-4-2;/h(H,13,14)(H,15,16);2*1,3-4H2,2H3;. The quantitative estimate of drug-likeness (QED) is 0.165. The van der Waals surface area contributed by atoms with Crippen LogP contribution in [0, 0.1) is 0 Å². The number of hydrogen-bond acceptors (Lipinski definition) is 2. The summed E-state index contributed by atoms with van der Waals surface area (Å²) >= 11 is 22.5. The van der Waals surface area contributed by atoms with Gasteiger partial charge in [-0.3, -0.25) is 0 Å². The molecule has 0 atom stereocenters. The Labute approximate surface area is 178 Å². The van der Waals surface area contributed by atoms with Gasteiger partial charge < -0.3 is 10.2 Å². The SMILES string of the molecule is CCC[CH2][Sn][CH2]CCC.O=C(O)c1c(Cl)c(Cl)c(Cl)c(Cl)c1C(=O)O. The van der Waals surface area contributed by atoms with Crippen LogP contribution in [0.3, 0.4) is 0 Å². The van der Waals surface area contributed by atoms with Crippen LogP contribution in [0.1, 0.15) is 60.2 Å². The van der Waals surface area contributed by atoms with E-state index in [-0.39, 0.29) is 31.2 Å². The molecule has 2 radical (unpaired) electrons. The first-order valence-electron chi connectivity index (χ1n) is 7.73. The van der Waals surface area contributed by atoms with Gasteiger partial charge in [-0.25, -0.2) is 9.59 Å². The predicted molar refractivity (Wildman–Crippen MR) is 106 cm³/mol. The van der Waals surface area contributed by atoms with E-state index in [0.29, 0.717) is 0 Å². The van der Waals surface area contributed by atoms with Gasteiger partial charge in [0.15, 0.2) is 0 Å². The van der Waals surface area contributed by atoms with E-state index in [1.807, 2.05) is 0 Å². The Morgan fingerprint density at radius 2 is 1.08 bits per heavy atom. The molecule has 0 amide bonds. The zero-order valence-electron chi connectivity index (χ0n) is 14.0. The molecule has 25 heavy (non-hydrogen) atoms. The second-order valence-corrected chi connectivity index (χ2v) is 10.9. The monoisotopic (exact) mass is 536 g/mol. The molecule has 0 spiro atoms. The molecule has 1 rings (SSSR count). The number of carbonyl (C=O) groups is 2. The summed E-state index contributed by atoms with van der Waals surface area (Å²) in [4.78, 5) is 21.7. The van der Waals surface area contributed by atoms with Gasteiger partial charge in [-0.15, -0.1) is 0 Å². The van der Waals surface area contributed by atoms with Crippen LogP contribution in [-0.4, -0.2) is 43.3 Å². The van der Waals surface area contributed by atoms with Crippen LogP contribution < -0.4 is 0 Å². The molecule has 0 unspecified atom stereocenters. The van der Waals surface area contributed by atoms with Crippen LogP contribution in [0.2, 0.25) is 29.0 Å². The van der Waals surface area contributed by atoms with Crippen molar-refractivity contribution in [2.75, 3.05) is 0 Å². The summed E-state index contributed by atoms with van der Waals surface area (Å²) in [5.41, 5.74) is -1.37. The van der Waals surface area contributed by atoms with Gasteiger partial charge in [0.2, 0.25) is 0 Å². The summed E-state index contributed by atoms with van der Waals surface area (Å²) in [5, 5.41) is 16.1. The van der Waals surface area contributed by atoms with Gasteiger partial charge in [0, 0.05) is 0 Å². The van der Waals surface area contributed by atoms with Gasteiger partial charge in [-0.1, -0.05) is 46.4 Å². The summed E-state index contributed by atoms with van der Waals surface area (Å²) in [6.45, 7) is 4.58. The number of carboxylic acid groups (broad SMARTS) is 2. The fraction of sp³-hybridized carbons (Fsp3) is 0.500. The van der Waals surface area contributed by atoms with E-state index in [1.165, 1.54) is 25.7 Å². The van der Waals surface area contributed by atoms with Crippen LogP contribution in [0.4, 0.5) is 0 Å². The number of rotatable bonds is 8. The van der Waals surface area contributed by atoms with Crippen LogP contribution in [0.5, 0.6) is 0 Å². The number of halogens is 4. The Morgan fingerprint density at radius 1 is 0.760 bits per heavy atom. The fourth-order valence-electron chi connectivity index (χ4n) is 1.76. The third-order valence-corrected chi connectivity index (χ3v) is 8.95. The van der Waals surface area contributed by atoms with Gasteiger partial charge in [-0.05, 0) is 0 Å². The average Bonchev–Trinajstić information content (AvgIpc) is 2.55. The number of benzene rings is 1. The van der Waals surface area contributed by atoms with Crippen molar-refractivity contribution in [3.8, 4) is 0 Å². The summed E-state index contributed by atoms with van der Waals surface area (Å²) in [7, 11) is 0. The predicted octanol–water partition coefficient (Wildman–Crippen LogP) is 6.82. The van der Waals surface area contributed by atoms with Crippen LogP contribution >= 0.6 is 46.4 Å². The summed E-state index contributed by atoms with van der Waals surface area (Å²) < 4.78 is 3.25. The molecule has 0 aliphatic carbocycles. The molecule has 0 saturated carbocycles. The topological polar surface area (TPSA) is 74.6 Å². The first kappa shape index (κ1) is 25.1. The number of aromatic carboxylic acids is 2. The molecule has 0 aliphatic rings. The Kier molecular flexibility index (Phi) is 13.4. The molecule has 0 fully saturated rings. The van der Waals surface area contributed by atoms with Crippen molar-refractivity contribution in [3.63, 3.8) is 0 Å². The smallest absolute Gasteiger partial charge is 0.338 e. The Bertz CT molecular complexity index is 558. The first-order chi connectivity index (χ1) is 11.7. The van der Waals surface area contributed by atoms with E-state index in [0.717, 1.165) is 0 Å². The maximum atomic E-state index is 10.9. The minimum Gasteiger partial charge on any atom is -0.478 e. The van der Waals surface area contributed by atoms with E-state index in [9.17, 15) is 9.59 Å². The molecule has 0 saturated heterocycles. The van der Waals surface area contributed by atoms with Gasteiger partial charge in [0.1, 0.15) is 0 Å². The second kappa shape index (κ2) is 13.3. The minimum atomic E-state index is -1.55. The fourth-order valence-corrected chi connectivity index (χ4v) is 6.93. The zero-order chi connectivity index (χ0) is 19.6. The van der Waals surface area contributed by atoms with Crippen LogP contribution in [-0.2, 0) is 0 Å². The minimum absolute atomic E-state index is 0.149. The number of hydrogen-bond donors (Lipinski definition) is 2. The third kappa shape index (κ3) is 8.12. The van der Waals surface area contributed by atoms with E-state index < -0.39 is 33.1 Å². The molecule has 1 aromatic rings. The molecular weight excluding hydrogens is 517 g/mol. The van der Waals surface area contributed by atoms with E-state index >= 15 is 0 Å². The molecule has 0 aliphatic heterocycles. The van der Waals surface area contributed by atoms with Crippen molar-refractivity contribution in [1.82, 2.24) is 0 Å². The maximum absolute atomic E-state index is 10.9. The Hall–Kier alpha value is 0.119. The van der Waals surface area contributed by atoms with Gasteiger partial charge in [-0.2, -0.15) is 0 Å². The normalized spacial score (nSPS) is 10.2. The van der Waals surface area contributed by atoms with Crippen molar-refractivity contribution in [3.05, 3.63) is 31.2 Å². The van der Waals surface area contributed by atoms with E-state index in [2.05, 4.69) is 13.8 Å². The largest absolute Gasteiger partial charge is 0.478 e. The zero-order valence-corrected chi connectivity index (χ0v) is 19.8. The second-order valence-electron chi connectivity index (χ2n) is 5.07. The average molecular weight is 537 g/mol. The van der Waals surface area contributed by atoms with Crippen molar-refractivity contribution in [2.24, 2.45) is 0 Å². The van der Waals surface area contributed by atoms with Crippen molar-refractivity contribution >= 4 is 79.5 Å². The maximum Gasteiger partial charge on any atom is 0.338 e. The Balaban J connectivity index is 0.000000547. The van der Waals surface area contributed by atoms with E-state index in [4.69, 9.17) is 56.6 Å². The van der Waals surface area contributed by atoms with Crippen LogP contribution in [0.25, 0.3) is 0 Å². The molecule has 0 aromatic heterocycles. The van der Waals surface area contributed by atoms with Crippen LogP contribution in [0.15, 0.2) is 0 Å². The molecule has 0 heterocycles. The number of carboxylic acids is 2. The summed E-state index contributed by atoms with van der Waals surface area (Å²) in [6.07, 6.45) is 5.84.